The van der Waals surface area contributed by atoms with Gasteiger partial charge in [-0.25, -0.2) is 13.6 Å². The normalized spacial score (nSPS) is 22.0. The number of piperidine rings is 1. The minimum atomic E-state index is -1.19. The van der Waals surface area contributed by atoms with Crippen molar-refractivity contribution >= 4 is 29.4 Å². The van der Waals surface area contributed by atoms with Gasteiger partial charge in [-0.05, 0) is 74.1 Å². The molecule has 2 aromatic carbocycles. The van der Waals surface area contributed by atoms with Crippen LogP contribution in [0.5, 0.6) is 0 Å². The highest BCUT2D eigenvalue weighted by molar-refractivity contribution is 5.97. The number of nitrogens with one attached hydrogen (secondary N) is 3. The molecule has 1 saturated heterocycles. The predicted molar refractivity (Wildman–Crippen MR) is 134 cm³/mol. The Labute approximate surface area is 218 Å². The average molecular weight is 529 g/mol. The van der Waals surface area contributed by atoms with E-state index in [1.54, 1.807) is 32.0 Å². The average Bonchev–Trinajstić information content (AvgIpc) is 3.27. The van der Waals surface area contributed by atoms with E-state index in [4.69, 9.17) is 0 Å². The second kappa shape index (κ2) is 10.5. The lowest BCUT2D eigenvalue weighted by molar-refractivity contribution is -0.160. The van der Waals surface area contributed by atoms with Crippen LogP contribution in [0.2, 0.25) is 0 Å². The Hall–Kier alpha value is -3.86. The van der Waals surface area contributed by atoms with Crippen molar-refractivity contribution in [2.45, 2.75) is 45.3 Å². The van der Waals surface area contributed by atoms with Gasteiger partial charge in [-0.2, -0.15) is 0 Å². The number of fused-ring (bicyclic) bond motifs is 1. The number of aliphatic hydroxyl groups excluding tert-OH is 1. The Morgan fingerprint density at radius 3 is 2.37 bits per heavy atom. The van der Waals surface area contributed by atoms with Gasteiger partial charge in [-0.15, -0.1) is 0 Å². The van der Waals surface area contributed by atoms with Crippen molar-refractivity contribution < 1.29 is 33.1 Å². The summed E-state index contributed by atoms with van der Waals surface area (Å²) in [5.41, 5.74) is 1.19. The van der Waals surface area contributed by atoms with Gasteiger partial charge >= 0.3 is 6.03 Å². The summed E-state index contributed by atoms with van der Waals surface area (Å²) >= 11 is 0. The van der Waals surface area contributed by atoms with Crippen molar-refractivity contribution in [2.24, 2.45) is 11.3 Å². The Morgan fingerprint density at radius 1 is 1.05 bits per heavy atom. The van der Waals surface area contributed by atoms with E-state index in [2.05, 4.69) is 16.0 Å². The number of urea groups is 1. The highest BCUT2D eigenvalue weighted by atomic mass is 19.1. The number of carbonyl (C=O) groups excluding carboxylic acids is 4. The number of hydrogen-bond acceptors (Lipinski definition) is 5. The van der Waals surface area contributed by atoms with Gasteiger partial charge < -0.3 is 20.6 Å². The number of benzene rings is 2. The molecule has 11 heteroatoms. The molecular formula is C27H30F2N4O5. The molecule has 1 aliphatic heterocycles. The highest BCUT2D eigenvalue weighted by Crippen LogP contribution is 2.41. The van der Waals surface area contributed by atoms with Crippen LogP contribution in [-0.4, -0.2) is 53.5 Å². The van der Waals surface area contributed by atoms with Crippen LogP contribution in [0.3, 0.4) is 0 Å². The molecule has 2 aliphatic rings. The minimum Gasteiger partial charge on any atom is -0.392 e. The van der Waals surface area contributed by atoms with Gasteiger partial charge in [0.15, 0.2) is 0 Å². The van der Waals surface area contributed by atoms with E-state index in [1.807, 2.05) is 0 Å². The molecule has 2 aromatic rings. The van der Waals surface area contributed by atoms with Crippen LogP contribution >= 0.6 is 0 Å². The van der Waals surface area contributed by atoms with E-state index in [0.717, 1.165) is 23.3 Å². The van der Waals surface area contributed by atoms with Crippen molar-refractivity contribution in [3.05, 3.63) is 64.7 Å². The molecule has 0 saturated carbocycles. The molecule has 4 rings (SSSR count). The first-order valence-electron chi connectivity index (χ1n) is 12.3. The van der Waals surface area contributed by atoms with Gasteiger partial charge in [0.2, 0.25) is 17.7 Å². The maximum absolute atomic E-state index is 13.9. The van der Waals surface area contributed by atoms with Crippen LogP contribution in [0.4, 0.5) is 19.3 Å². The smallest absolute Gasteiger partial charge is 0.321 e. The summed E-state index contributed by atoms with van der Waals surface area (Å²) in [5, 5.41) is 18.0. The van der Waals surface area contributed by atoms with Crippen molar-refractivity contribution in [1.82, 2.24) is 15.5 Å². The molecule has 202 valence electrons. The first-order valence-corrected chi connectivity index (χ1v) is 12.3. The molecule has 38 heavy (non-hydrogen) atoms. The van der Waals surface area contributed by atoms with Crippen molar-refractivity contribution in [3.8, 4) is 0 Å². The molecule has 1 fully saturated rings. The van der Waals surface area contributed by atoms with Gasteiger partial charge in [0.1, 0.15) is 18.2 Å². The van der Waals surface area contributed by atoms with Gasteiger partial charge in [-0.1, -0.05) is 6.07 Å². The first kappa shape index (κ1) is 27.2. The summed E-state index contributed by atoms with van der Waals surface area (Å²) in [6.45, 7) is 2.72. The van der Waals surface area contributed by atoms with E-state index in [-0.39, 0.29) is 17.9 Å². The molecule has 0 radical (unpaired) electrons. The van der Waals surface area contributed by atoms with Crippen molar-refractivity contribution in [1.29, 1.82) is 0 Å². The summed E-state index contributed by atoms with van der Waals surface area (Å²) in [6.07, 6.45) is -0.215. The largest absolute Gasteiger partial charge is 0.392 e. The number of hydrogen-bond donors (Lipinski definition) is 4. The second-order valence-electron chi connectivity index (χ2n) is 10.3. The number of anilines is 1. The van der Waals surface area contributed by atoms with Gasteiger partial charge in [0.25, 0.3) is 0 Å². The number of carbonyl (C=O) groups is 4. The maximum Gasteiger partial charge on any atom is 0.321 e. The number of likely N-dealkylation sites (tertiary alicyclic amines) is 1. The number of imide groups is 1. The molecule has 4 N–H and O–H groups in total. The summed E-state index contributed by atoms with van der Waals surface area (Å²) in [7, 11) is 1.42. The molecule has 5 amide bonds. The lowest BCUT2D eigenvalue weighted by Gasteiger charge is -2.45. The molecule has 1 heterocycles. The number of amides is 5. The van der Waals surface area contributed by atoms with Crippen LogP contribution < -0.4 is 16.0 Å². The molecule has 0 unspecified atom stereocenters. The Bertz CT molecular complexity index is 1280. The Morgan fingerprint density at radius 2 is 1.71 bits per heavy atom. The van der Waals surface area contributed by atoms with E-state index in [1.165, 1.54) is 11.9 Å². The maximum atomic E-state index is 13.9. The standard InChI is InChI=1S/C27H30F2N4O5/c1-27(2)22(34)12-21(16-8-18(28)11-19(29)9-16)33(25(27)37)13-23(35)31-20-5-4-14-6-17(7-15(14)10-20)24(36)32-26(38)30-3/h4-5,8-11,17,21-22,34H,6-7,12-13H2,1-3H3,(H,31,35)(H2,30,32,36,38)/t17-,21+,22+/m1/s1. The van der Waals surface area contributed by atoms with Gasteiger partial charge in [-0.3, -0.25) is 19.7 Å². The summed E-state index contributed by atoms with van der Waals surface area (Å²) < 4.78 is 27.9. The Kier molecular flexibility index (Phi) is 7.50. The van der Waals surface area contributed by atoms with E-state index in [9.17, 15) is 33.1 Å². The fourth-order valence-corrected chi connectivity index (χ4v) is 5.07. The topological polar surface area (TPSA) is 128 Å². The third-order valence-corrected chi connectivity index (χ3v) is 7.31. The minimum absolute atomic E-state index is 0.00721. The number of rotatable bonds is 5. The molecule has 0 bridgehead atoms. The summed E-state index contributed by atoms with van der Waals surface area (Å²) in [4.78, 5) is 51.3. The first-order chi connectivity index (χ1) is 17.9. The molecule has 0 spiro atoms. The highest BCUT2D eigenvalue weighted by Gasteiger charge is 2.48. The fourth-order valence-electron chi connectivity index (χ4n) is 5.07. The third kappa shape index (κ3) is 5.52. The van der Waals surface area contributed by atoms with Gasteiger partial charge in [0.05, 0.1) is 17.6 Å². The second-order valence-corrected chi connectivity index (χ2v) is 10.3. The number of nitrogens with zero attached hydrogens (tertiary/aromatic N) is 1. The summed E-state index contributed by atoms with van der Waals surface area (Å²) in [5.74, 6) is -3.49. The Balaban J connectivity index is 1.49. The number of aliphatic hydroxyl groups is 1. The SMILES string of the molecule is CNC(=O)NC(=O)[C@@H]1Cc2ccc(NC(=O)CN3C(=O)C(C)(C)[C@@H](O)C[C@H]3c3cc(F)cc(F)c3)cc2C1. The lowest BCUT2D eigenvalue weighted by Crippen LogP contribution is -2.56. The van der Waals surface area contributed by atoms with E-state index >= 15 is 0 Å². The third-order valence-electron chi connectivity index (χ3n) is 7.31. The lowest BCUT2D eigenvalue weighted by atomic mass is 9.76. The molecule has 0 aromatic heterocycles. The predicted octanol–water partition coefficient (Wildman–Crippen LogP) is 2.43. The monoisotopic (exact) mass is 528 g/mol. The molecular weight excluding hydrogens is 498 g/mol. The van der Waals surface area contributed by atoms with Crippen molar-refractivity contribution in [2.75, 3.05) is 18.9 Å². The van der Waals surface area contributed by atoms with Crippen molar-refractivity contribution in [3.63, 3.8) is 0 Å². The zero-order valence-corrected chi connectivity index (χ0v) is 21.3. The van der Waals surface area contributed by atoms with Crippen LogP contribution in [0, 0.1) is 23.0 Å². The number of halogens is 2. The van der Waals surface area contributed by atoms with Crippen LogP contribution in [0.1, 0.15) is 43.0 Å². The molecule has 3 atom stereocenters. The summed E-state index contributed by atoms with van der Waals surface area (Å²) in [6, 6.07) is 6.63. The van der Waals surface area contributed by atoms with E-state index < -0.39 is 59.5 Å². The van der Waals surface area contributed by atoms with E-state index in [0.29, 0.717) is 24.6 Å². The zero-order valence-electron chi connectivity index (χ0n) is 21.3. The zero-order chi connectivity index (χ0) is 27.8. The molecule has 1 aliphatic carbocycles. The van der Waals surface area contributed by atoms with Crippen LogP contribution in [0.15, 0.2) is 36.4 Å². The fraction of sp³-hybridized carbons (Fsp3) is 0.407. The van der Waals surface area contributed by atoms with Crippen LogP contribution in [0.25, 0.3) is 0 Å². The molecule has 9 nitrogen and oxygen atoms in total. The van der Waals surface area contributed by atoms with Gasteiger partial charge in [0, 0.05) is 24.7 Å². The quantitative estimate of drug-likeness (QED) is 0.474. The van der Waals surface area contributed by atoms with Crippen LogP contribution in [-0.2, 0) is 27.2 Å².